The molecule has 1 aliphatic rings. The largest absolute Gasteiger partial charge is 0.363 e. The summed E-state index contributed by atoms with van der Waals surface area (Å²) in [5, 5.41) is 3.50. The number of nitrogens with zero attached hydrogens (tertiary/aromatic N) is 2. The molecule has 110 valence electrons. The van der Waals surface area contributed by atoms with Crippen LogP contribution in [0.2, 0.25) is 0 Å². The maximum absolute atomic E-state index is 5.51. The van der Waals surface area contributed by atoms with Gasteiger partial charge in [-0.15, -0.1) is 0 Å². The minimum Gasteiger partial charge on any atom is -0.363 e. The quantitative estimate of drug-likeness (QED) is 0.560. The first-order valence-corrected chi connectivity index (χ1v) is 7.47. The number of anilines is 2. The van der Waals surface area contributed by atoms with Gasteiger partial charge in [-0.2, -0.15) is 0 Å². The molecule has 0 saturated heterocycles. The van der Waals surface area contributed by atoms with E-state index in [2.05, 4.69) is 51.9 Å². The lowest BCUT2D eigenvalue weighted by Crippen LogP contribution is -2.14. The first-order valence-electron chi connectivity index (χ1n) is 7.47. The second-order valence-corrected chi connectivity index (χ2v) is 5.43. The Morgan fingerprint density at radius 1 is 1.19 bits per heavy atom. The normalized spacial score (nSPS) is 15.5. The Kier molecular flexibility index (Phi) is 4.01. The molecule has 5 nitrogen and oxygen atoms in total. The van der Waals surface area contributed by atoms with Crippen LogP contribution in [0.3, 0.4) is 0 Å². The molecule has 0 amide bonds. The van der Waals surface area contributed by atoms with Crippen LogP contribution in [0.5, 0.6) is 0 Å². The molecule has 5 heteroatoms. The van der Waals surface area contributed by atoms with Crippen molar-refractivity contribution in [3.63, 3.8) is 0 Å². The smallest absolute Gasteiger partial charge is 0.145 e. The van der Waals surface area contributed by atoms with Crippen molar-refractivity contribution in [2.24, 2.45) is 5.84 Å². The second kappa shape index (κ2) is 6.10. The van der Waals surface area contributed by atoms with E-state index in [1.807, 2.05) is 12.1 Å². The maximum Gasteiger partial charge on any atom is 0.145 e. The van der Waals surface area contributed by atoms with Crippen LogP contribution >= 0.6 is 0 Å². The standard InChI is InChI=1S/C16H21N5/c1-2-13(11-6-4-3-5-7-11)18-14-10-15(21-17)20-16(19-14)12-8-9-12/h3-7,10,12-13H,2,8-9,17H2,1H3,(H2,18,19,20,21). The molecule has 1 unspecified atom stereocenters. The topological polar surface area (TPSA) is 75.9 Å². The first kappa shape index (κ1) is 13.8. The van der Waals surface area contributed by atoms with Gasteiger partial charge in [-0.1, -0.05) is 37.3 Å². The highest BCUT2D eigenvalue weighted by Crippen LogP contribution is 2.39. The molecule has 1 fully saturated rings. The molecule has 1 saturated carbocycles. The second-order valence-electron chi connectivity index (χ2n) is 5.43. The predicted octanol–water partition coefficient (Wildman–Crippen LogP) is 3.20. The molecule has 2 aromatic rings. The van der Waals surface area contributed by atoms with Crippen molar-refractivity contribution < 1.29 is 0 Å². The zero-order valence-electron chi connectivity index (χ0n) is 12.2. The van der Waals surface area contributed by atoms with Gasteiger partial charge in [0.05, 0.1) is 6.04 Å². The molecular formula is C16H21N5. The number of nitrogens with one attached hydrogen (secondary N) is 2. The van der Waals surface area contributed by atoms with Crippen molar-refractivity contribution in [3.05, 3.63) is 47.8 Å². The molecule has 0 spiro atoms. The third-order valence-corrected chi connectivity index (χ3v) is 3.77. The highest BCUT2D eigenvalue weighted by atomic mass is 15.3. The van der Waals surface area contributed by atoms with Crippen molar-refractivity contribution in [2.45, 2.75) is 38.1 Å². The molecule has 3 rings (SSSR count). The van der Waals surface area contributed by atoms with Crippen molar-refractivity contribution >= 4 is 11.6 Å². The monoisotopic (exact) mass is 283 g/mol. The van der Waals surface area contributed by atoms with Crippen LogP contribution in [0.15, 0.2) is 36.4 Å². The van der Waals surface area contributed by atoms with Gasteiger partial charge in [-0.25, -0.2) is 15.8 Å². The maximum atomic E-state index is 5.51. The minimum absolute atomic E-state index is 0.235. The number of nitrogens with two attached hydrogens (primary N) is 1. The molecule has 4 N–H and O–H groups in total. The van der Waals surface area contributed by atoms with Crippen LogP contribution in [0, 0.1) is 0 Å². The summed E-state index contributed by atoms with van der Waals surface area (Å²) in [4.78, 5) is 9.07. The Balaban J connectivity index is 1.84. The Labute approximate surface area is 125 Å². The van der Waals surface area contributed by atoms with Gasteiger partial charge in [-0.3, -0.25) is 0 Å². The van der Waals surface area contributed by atoms with Gasteiger partial charge >= 0.3 is 0 Å². The average Bonchev–Trinajstić information content (AvgIpc) is 3.38. The van der Waals surface area contributed by atoms with Crippen molar-refractivity contribution in [3.8, 4) is 0 Å². The number of hydrogen-bond donors (Lipinski definition) is 3. The molecule has 1 heterocycles. The molecule has 0 aliphatic heterocycles. The molecule has 1 aromatic carbocycles. The summed E-state index contributed by atoms with van der Waals surface area (Å²) in [5.74, 6) is 8.39. The van der Waals surface area contributed by atoms with E-state index in [0.29, 0.717) is 11.7 Å². The van der Waals surface area contributed by atoms with Gasteiger partial charge in [-0.05, 0) is 24.8 Å². The number of hydrogen-bond acceptors (Lipinski definition) is 5. The number of rotatable bonds is 6. The summed E-state index contributed by atoms with van der Waals surface area (Å²) in [6.45, 7) is 2.16. The number of nitrogen functional groups attached to an aromatic ring is 1. The molecular weight excluding hydrogens is 262 g/mol. The zero-order valence-corrected chi connectivity index (χ0v) is 12.2. The van der Waals surface area contributed by atoms with Gasteiger partial charge in [0, 0.05) is 12.0 Å². The Morgan fingerprint density at radius 2 is 1.90 bits per heavy atom. The van der Waals surface area contributed by atoms with E-state index in [9.17, 15) is 0 Å². The van der Waals surface area contributed by atoms with Crippen molar-refractivity contribution in [2.75, 3.05) is 10.7 Å². The summed E-state index contributed by atoms with van der Waals surface area (Å²) in [6, 6.07) is 12.5. The number of hydrazine groups is 1. The van der Waals surface area contributed by atoms with Gasteiger partial charge < -0.3 is 10.7 Å². The predicted molar refractivity (Wildman–Crippen MR) is 84.9 cm³/mol. The van der Waals surface area contributed by atoms with E-state index < -0.39 is 0 Å². The zero-order chi connectivity index (χ0) is 14.7. The van der Waals surface area contributed by atoms with Gasteiger partial charge in [0.15, 0.2) is 0 Å². The number of aromatic nitrogens is 2. The fourth-order valence-corrected chi connectivity index (χ4v) is 2.42. The number of benzene rings is 1. The van der Waals surface area contributed by atoms with E-state index >= 15 is 0 Å². The van der Waals surface area contributed by atoms with Gasteiger partial charge in [0.25, 0.3) is 0 Å². The molecule has 1 aromatic heterocycles. The Morgan fingerprint density at radius 3 is 2.52 bits per heavy atom. The van der Waals surface area contributed by atoms with E-state index in [1.165, 1.54) is 18.4 Å². The van der Waals surface area contributed by atoms with Crippen LogP contribution in [0.4, 0.5) is 11.6 Å². The molecule has 0 radical (unpaired) electrons. The van der Waals surface area contributed by atoms with Crippen LogP contribution < -0.4 is 16.6 Å². The first-order chi connectivity index (χ1) is 10.3. The fourth-order valence-electron chi connectivity index (χ4n) is 2.42. The lowest BCUT2D eigenvalue weighted by atomic mass is 10.0. The summed E-state index contributed by atoms with van der Waals surface area (Å²) in [6.07, 6.45) is 3.32. The van der Waals surface area contributed by atoms with E-state index in [4.69, 9.17) is 5.84 Å². The van der Waals surface area contributed by atoms with E-state index in [-0.39, 0.29) is 6.04 Å². The van der Waals surface area contributed by atoms with Crippen LogP contribution in [0.1, 0.15) is 49.5 Å². The SMILES string of the molecule is CCC(Nc1cc(NN)nc(C2CC2)n1)c1ccccc1. The fraction of sp³-hybridized carbons (Fsp3) is 0.375. The van der Waals surface area contributed by atoms with Crippen LogP contribution in [-0.4, -0.2) is 9.97 Å². The molecule has 1 aliphatic carbocycles. The lowest BCUT2D eigenvalue weighted by molar-refractivity contribution is 0.741. The third-order valence-electron chi connectivity index (χ3n) is 3.77. The third kappa shape index (κ3) is 3.31. The van der Waals surface area contributed by atoms with E-state index in [0.717, 1.165) is 18.1 Å². The summed E-state index contributed by atoms with van der Waals surface area (Å²) in [5.41, 5.74) is 3.89. The lowest BCUT2D eigenvalue weighted by Gasteiger charge is -2.19. The minimum atomic E-state index is 0.235. The summed E-state index contributed by atoms with van der Waals surface area (Å²) in [7, 11) is 0. The Hall–Kier alpha value is -2.14. The highest BCUT2D eigenvalue weighted by Gasteiger charge is 2.27. The average molecular weight is 283 g/mol. The molecule has 1 atom stereocenters. The highest BCUT2D eigenvalue weighted by molar-refractivity contribution is 5.49. The van der Waals surface area contributed by atoms with Crippen LogP contribution in [-0.2, 0) is 0 Å². The van der Waals surface area contributed by atoms with Crippen LogP contribution in [0.25, 0.3) is 0 Å². The molecule has 21 heavy (non-hydrogen) atoms. The molecule has 0 bridgehead atoms. The van der Waals surface area contributed by atoms with E-state index in [1.54, 1.807) is 0 Å². The summed E-state index contributed by atoms with van der Waals surface area (Å²) >= 11 is 0. The van der Waals surface area contributed by atoms with Crippen molar-refractivity contribution in [1.29, 1.82) is 0 Å². The van der Waals surface area contributed by atoms with Gasteiger partial charge in [0.1, 0.15) is 17.5 Å². The van der Waals surface area contributed by atoms with Gasteiger partial charge in [0.2, 0.25) is 0 Å². The summed E-state index contributed by atoms with van der Waals surface area (Å²) < 4.78 is 0. The van der Waals surface area contributed by atoms with Crippen molar-refractivity contribution in [1.82, 2.24) is 9.97 Å². The Bertz CT molecular complexity index is 595.